The second-order valence-electron chi connectivity index (χ2n) is 4.69. The molecule has 0 aromatic carbocycles. The maximum Gasteiger partial charge on any atom is 0.0227 e. The van der Waals surface area contributed by atoms with Gasteiger partial charge in [0.2, 0.25) is 0 Å². The molecule has 1 unspecified atom stereocenters. The first-order valence-corrected chi connectivity index (χ1v) is 5.54. The van der Waals surface area contributed by atoms with Gasteiger partial charge in [0.25, 0.3) is 0 Å². The van der Waals surface area contributed by atoms with Gasteiger partial charge in [0, 0.05) is 17.3 Å². The van der Waals surface area contributed by atoms with Gasteiger partial charge in [-0.3, -0.25) is 0 Å². The summed E-state index contributed by atoms with van der Waals surface area (Å²) in [6.07, 6.45) is 3.30. The molecule has 0 saturated heterocycles. The number of nitrogens with one attached hydrogen (secondary N) is 2. The van der Waals surface area contributed by atoms with Gasteiger partial charge in [0.15, 0.2) is 0 Å². The molecular formula is C12H26N2. The highest BCUT2D eigenvalue weighted by Crippen LogP contribution is 2.13. The van der Waals surface area contributed by atoms with Crippen LogP contribution in [0.4, 0.5) is 0 Å². The van der Waals surface area contributed by atoms with Crippen LogP contribution in [0.2, 0.25) is 0 Å². The quantitative estimate of drug-likeness (QED) is 0.657. The summed E-state index contributed by atoms with van der Waals surface area (Å²) in [4.78, 5) is 0. The van der Waals surface area contributed by atoms with E-state index < -0.39 is 0 Å². The third-order valence-electron chi connectivity index (χ3n) is 2.79. The molecule has 0 amide bonds. The monoisotopic (exact) mass is 198 g/mol. The van der Waals surface area contributed by atoms with E-state index in [-0.39, 0.29) is 5.54 Å². The molecule has 2 nitrogen and oxygen atoms in total. The molecule has 2 N–H and O–H groups in total. The summed E-state index contributed by atoms with van der Waals surface area (Å²) in [6.45, 7) is 12.8. The molecule has 84 valence electrons. The van der Waals surface area contributed by atoms with E-state index in [9.17, 15) is 0 Å². The maximum absolute atomic E-state index is 4.04. The predicted octanol–water partition coefficient (Wildman–Crippen LogP) is 2.67. The van der Waals surface area contributed by atoms with Crippen LogP contribution in [0.1, 0.15) is 47.0 Å². The van der Waals surface area contributed by atoms with Crippen molar-refractivity contribution in [2.75, 3.05) is 7.05 Å². The van der Waals surface area contributed by atoms with Crippen LogP contribution in [0.25, 0.3) is 0 Å². The van der Waals surface area contributed by atoms with Gasteiger partial charge < -0.3 is 10.6 Å². The fourth-order valence-electron chi connectivity index (χ4n) is 1.11. The van der Waals surface area contributed by atoms with Gasteiger partial charge in [-0.15, -0.1) is 0 Å². The van der Waals surface area contributed by atoms with Crippen molar-refractivity contribution in [3.05, 3.63) is 12.3 Å². The van der Waals surface area contributed by atoms with Gasteiger partial charge in [-0.25, -0.2) is 0 Å². The molecule has 0 spiro atoms. The molecule has 0 aromatic rings. The van der Waals surface area contributed by atoms with Crippen molar-refractivity contribution in [1.82, 2.24) is 10.6 Å². The molecule has 0 aliphatic rings. The lowest BCUT2D eigenvalue weighted by Gasteiger charge is -2.25. The second-order valence-corrected chi connectivity index (χ2v) is 4.69. The predicted molar refractivity (Wildman–Crippen MR) is 64.4 cm³/mol. The van der Waals surface area contributed by atoms with Gasteiger partial charge in [0.05, 0.1) is 0 Å². The molecule has 0 radical (unpaired) electrons. The van der Waals surface area contributed by atoms with E-state index in [0.717, 1.165) is 25.0 Å². The van der Waals surface area contributed by atoms with Crippen molar-refractivity contribution in [3.8, 4) is 0 Å². The van der Waals surface area contributed by atoms with Crippen LogP contribution in [0.5, 0.6) is 0 Å². The zero-order chi connectivity index (χ0) is 11.2. The Morgan fingerprint density at radius 1 is 1.43 bits per heavy atom. The summed E-state index contributed by atoms with van der Waals surface area (Å²) >= 11 is 0. The van der Waals surface area contributed by atoms with Crippen LogP contribution in [0.15, 0.2) is 12.3 Å². The first-order chi connectivity index (χ1) is 6.41. The molecule has 0 bridgehead atoms. The Labute approximate surface area is 89.2 Å². The standard InChI is InChI=1S/C12H26N2/c1-7-10(2)14-11(3)8-9-12(4,5)13-6/h10,13-14H,3,7-9H2,1-2,4-6H3. The SMILES string of the molecule is C=C(CCC(C)(C)NC)NC(C)CC. The molecule has 0 aliphatic carbocycles. The van der Waals surface area contributed by atoms with Crippen molar-refractivity contribution < 1.29 is 0 Å². The average Bonchev–Trinajstić information content (AvgIpc) is 2.15. The topological polar surface area (TPSA) is 24.1 Å². The van der Waals surface area contributed by atoms with Crippen molar-refractivity contribution in [3.63, 3.8) is 0 Å². The third kappa shape index (κ3) is 6.03. The fourth-order valence-corrected chi connectivity index (χ4v) is 1.11. The Balaban J connectivity index is 3.74. The van der Waals surface area contributed by atoms with E-state index in [1.807, 2.05) is 7.05 Å². The molecule has 1 atom stereocenters. The van der Waals surface area contributed by atoms with E-state index in [2.05, 4.69) is 44.9 Å². The smallest absolute Gasteiger partial charge is 0.0227 e. The lowest BCUT2D eigenvalue weighted by Crippen LogP contribution is -2.36. The molecule has 0 aliphatic heterocycles. The zero-order valence-corrected chi connectivity index (χ0v) is 10.4. The van der Waals surface area contributed by atoms with Crippen molar-refractivity contribution in [2.24, 2.45) is 0 Å². The van der Waals surface area contributed by atoms with Crippen LogP contribution in [0, 0.1) is 0 Å². The third-order valence-corrected chi connectivity index (χ3v) is 2.79. The normalized spacial score (nSPS) is 13.8. The van der Waals surface area contributed by atoms with Crippen LogP contribution in [-0.2, 0) is 0 Å². The molecular weight excluding hydrogens is 172 g/mol. The maximum atomic E-state index is 4.04. The summed E-state index contributed by atoms with van der Waals surface area (Å²) in [5.74, 6) is 0. The first kappa shape index (κ1) is 13.5. The van der Waals surface area contributed by atoms with E-state index in [1.54, 1.807) is 0 Å². The summed E-state index contributed by atoms with van der Waals surface area (Å²) < 4.78 is 0. The Morgan fingerprint density at radius 2 is 2.00 bits per heavy atom. The summed E-state index contributed by atoms with van der Waals surface area (Å²) in [5.41, 5.74) is 1.36. The van der Waals surface area contributed by atoms with Gasteiger partial charge >= 0.3 is 0 Å². The molecule has 0 rings (SSSR count). The van der Waals surface area contributed by atoms with Crippen molar-refractivity contribution >= 4 is 0 Å². The largest absolute Gasteiger partial charge is 0.386 e. The Hall–Kier alpha value is -0.500. The van der Waals surface area contributed by atoms with E-state index >= 15 is 0 Å². The van der Waals surface area contributed by atoms with Crippen molar-refractivity contribution in [2.45, 2.75) is 58.5 Å². The molecule has 0 aromatic heterocycles. The van der Waals surface area contributed by atoms with E-state index in [0.29, 0.717) is 6.04 Å². The number of hydrogen-bond donors (Lipinski definition) is 2. The second kappa shape index (κ2) is 6.07. The van der Waals surface area contributed by atoms with Gasteiger partial charge in [-0.1, -0.05) is 13.5 Å². The Morgan fingerprint density at radius 3 is 2.43 bits per heavy atom. The minimum atomic E-state index is 0.208. The Kier molecular flexibility index (Phi) is 5.86. The van der Waals surface area contributed by atoms with Gasteiger partial charge in [0.1, 0.15) is 0 Å². The van der Waals surface area contributed by atoms with Gasteiger partial charge in [-0.05, 0) is 47.1 Å². The number of rotatable bonds is 7. The highest BCUT2D eigenvalue weighted by molar-refractivity contribution is 4.95. The molecule has 2 heteroatoms. The van der Waals surface area contributed by atoms with E-state index in [4.69, 9.17) is 0 Å². The fraction of sp³-hybridized carbons (Fsp3) is 0.833. The number of hydrogen-bond acceptors (Lipinski definition) is 2. The lowest BCUT2D eigenvalue weighted by atomic mass is 9.98. The van der Waals surface area contributed by atoms with Crippen LogP contribution < -0.4 is 10.6 Å². The van der Waals surface area contributed by atoms with Crippen molar-refractivity contribution in [1.29, 1.82) is 0 Å². The molecule has 0 heterocycles. The number of allylic oxidation sites excluding steroid dienone is 1. The highest BCUT2D eigenvalue weighted by atomic mass is 14.9. The summed E-state index contributed by atoms with van der Waals surface area (Å²) in [6, 6.07) is 0.542. The zero-order valence-electron chi connectivity index (χ0n) is 10.4. The molecule has 14 heavy (non-hydrogen) atoms. The molecule has 0 saturated carbocycles. The van der Waals surface area contributed by atoms with Crippen LogP contribution in [-0.4, -0.2) is 18.6 Å². The lowest BCUT2D eigenvalue weighted by molar-refractivity contribution is 0.387. The minimum absolute atomic E-state index is 0.208. The van der Waals surface area contributed by atoms with Crippen LogP contribution >= 0.6 is 0 Å². The molecule has 0 fully saturated rings. The highest BCUT2D eigenvalue weighted by Gasteiger charge is 2.14. The summed E-state index contributed by atoms with van der Waals surface area (Å²) in [5, 5.41) is 6.70. The average molecular weight is 198 g/mol. The summed E-state index contributed by atoms with van der Waals surface area (Å²) in [7, 11) is 2.00. The minimum Gasteiger partial charge on any atom is -0.386 e. The van der Waals surface area contributed by atoms with E-state index in [1.165, 1.54) is 0 Å². The van der Waals surface area contributed by atoms with Gasteiger partial charge in [-0.2, -0.15) is 0 Å². The Bertz CT molecular complexity index is 173. The first-order valence-electron chi connectivity index (χ1n) is 5.54. The van der Waals surface area contributed by atoms with Crippen LogP contribution in [0.3, 0.4) is 0 Å².